The van der Waals surface area contributed by atoms with E-state index in [0.717, 1.165) is 48.4 Å². The largest absolute Gasteiger partial charge is 0.341 e. The first-order valence-electron chi connectivity index (χ1n) is 9.24. The second kappa shape index (κ2) is 7.81. The second-order valence-electron chi connectivity index (χ2n) is 6.72. The number of halogens is 1. The van der Waals surface area contributed by atoms with Crippen LogP contribution in [0.2, 0.25) is 5.02 Å². The van der Waals surface area contributed by atoms with E-state index in [2.05, 4.69) is 20.1 Å². The highest BCUT2D eigenvalue weighted by Gasteiger charge is 2.22. The molecule has 0 unspecified atom stereocenters. The van der Waals surface area contributed by atoms with Gasteiger partial charge in [-0.2, -0.15) is 0 Å². The molecule has 0 saturated carbocycles. The zero-order valence-corrected chi connectivity index (χ0v) is 17.8. The average Bonchev–Trinajstić information content (AvgIpc) is 3.45. The molecule has 0 N–H and O–H groups in total. The van der Waals surface area contributed by atoms with E-state index in [1.54, 1.807) is 16.7 Å². The van der Waals surface area contributed by atoms with Crippen LogP contribution >= 0.6 is 34.7 Å². The highest BCUT2D eigenvalue weighted by Crippen LogP contribution is 2.30. The molecule has 0 atom stereocenters. The van der Waals surface area contributed by atoms with E-state index in [9.17, 15) is 4.79 Å². The normalized spacial score (nSPS) is 14.2. The molecule has 10 heteroatoms. The zero-order chi connectivity index (χ0) is 19.8. The van der Waals surface area contributed by atoms with Crippen LogP contribution in [-0.4, -0.2) is 37.2 Å². The maximum absolute atomic E-state index is 12.2. The van der Waals surface area contributed by atoms with Gasteiger partial charge in [0.15, 0.2) is 10.1 Å². The maximum Gasteiger partial charge on any atom is 0.258 e. The number of fused-ring (bicyclic) bond motifs is 1. The number of thiazole rings is 1. The van der Waals surface area contributed by atoms with Crippen LogP contribution in [0.1, 0.15) is 18.5 Å². The van der Waals surface area contributed by atoms with Crippen molar-refractivity contribution in [2.45, 2.75) is 23.8 Å². The third kappa shape index (κ3) is 3.65. The topological polar surface area (TPSA) is 68.3 Å². The van der Waals surface area contributed by atoms with E-state index >= 15 is 0 Å². The smallest absolute Gasteiger partial charge is 0.258 e. The predicted molar refractivity (Wildman–Crippen MR) is 117 cm³/mol. The Balaban J connectivity index is 1.49. The van der Waals surface area contributed by atoms with Crippen molar-refractivity contribution >= 4 is 45.6 Å². The summed E-state index contributed by atoms with van der Waals surface area (Å²) < 4.78 is 3.59. The Labute approximate surface area is 180 Å². The van der Waals surface area contributed by atoms with Crippen LogP contribution < -0.4 is 10.5 Å². The van der Waals surface area contributed by atoms with E-state index in [1.807, 2.05) is 34.2 Å². The van der Waals surface area contributed by atoms with Crippen molar-refractivity contribution < 1.29 is 0 Å². The Kier molecular flexibility index (Phi) is 5.03. The van der Waals surface area contributed by atoms with E-state index < -0.39 is 0 Å². The molecule has 148 valence electrons. The van der Waals surface area contributed by atoms with Crippen molar-refractivity contribution in [3.8, 4) is 5.69 Å². The lowest BCUT2D eigenvalue weighted by atomic mass is 10.3. The number of benzene rings is 1. The van der Waals surface area contributed by atoms with E-state index in [0.29, 0.717) is 15.7 Å². The van der Waals surface area contributed by atoms with Crippen molar-refractivity contribution in [1.29, 1.82) is 0 Å². The fourth-order valence-electron chi connectivity index (χ4n) is 3.42. The minimum atomic E-state index is -0.0686. The van der Waals surface area contributed by atoms with Gasteiger partial charge in [0, 0.05) is 41.5 Å². The fourth-order valence-corrected chi connectivity index (χ4v) is 5.18. The van der Waals surface area contributed by atoms with Gasteiger partial charge in [-0.05, 0) is 31.0 Å². The van der Waals surface area contributed by atoms with Crippen LogP contribution in [0, 0.1) is 0 Å². The summed E-state index contributed by atoms with van der Waals surface area (Å²) >= 11 is 9.20. The Bertz CT molecular complexity index is 1230. The number of aromatic nitrogens is 5. The number of anilines is 1. The molecule has 4 heterocycles. The maximum atomic E-state index is 12.2. The summed E-state index contributed by atoms with van der Waals surface area (Å²) in [5.74, 6) is 1.36. The van der Waals surface area contributed by atoms with Crippen molar-refractivity contribution in [2.75, 3.05) is 18.0 Å². The van der Waals surface area contributed by atoms with Gasteiger partial charge in [-0.15, -0.1) is 21.5 Å². The van der Waals surface area contributed by atoms with E-state index in [-0.39, 0.29) is 5.56 Å². The molecule has 0 spiro atoms. The molecule has 5 rings (SSSR count). The van der Waals surface area contributed by atoms with Gasteiger partial charge in [-0.3, -0.25) is 13.8 Å². The summed E-state index contributed by atoms with van der Waals surface area (Å²) in [4.78, 5) is 19.8. The molecule has 1 saturated heterocycles. The Hall–Kier alpha value is -2.36. The van der Waals surface area contributed by atoms with Crippen LogP contribution in [0.3, 0.4) is 0 Å². The van der Waals surface area contributed by atoms with Gasteiger partial charge in [0.25, 0.3) is 5.56 Å². The van der Waals surface area contributed by atoms with Gasteiger partial charge in [-0.25, -0.2) is 4.98 Å². The Morgan fingerprint density at radius 2 is 2.03 bits per heavy atom. The SMILES string of the molecule is O=c1cc(CSc2nnc(N3CCCC3)n2-c2cccc(Cl)c2)nc2sccn12. The lowest BCUT2D eigenvalue weighted by Crippen LogP contribution is -2.22. The minimum Gasteiger partial charge on any atom is -0.341 e. The van der Waals surface area contributed by atoms with Gasteiger partial charge in [-0.1, -0.05) is 29.4 Å². The number of nitrogens with zero attached hydrogens (tertiary/aromatic N) is 6. The second-order valence-corrected chi connectivity index (χ2v) is 8.97. The minimum absolute atomic E-state index is 0.0686. The van der Waals surface area contributed by atoms with Crippen molar-refractivity contribution in [3.05, 3.63) is 63.0 Å². The fraction of sp³-hybridized carbons (Fsp3) is 0.263. The molecule has 1 aliphatic heterocycles. The van der Waals surface area contributed by atoms with Gasteiger partial charge < -0.3 is 4.90 Å². The van der Waals surface area contributed by atoms with Crippen molar-refractivity contribution in [1.82, 2.24) is 24.1 Å². The lowest BCUT2D eigenvalue weighted by Gasteiger charge is -2.18. The summed E-state index contributed by atoms with van der Waals surface area (Å²) in [6.07, 6.45) is 4.05. The molecule has 29 heavy (non-hydrogen) atoms. The molecule has 7 nitrogen and oxygen atoms in total. The highest BCUT2D eigenvalue weighted by molar-refractivity contribution is 7.98. The summed E-state index contributed by atoms with van der Waals surface area (Å²) in [6.45, 7) is 1.94. The number of hydrogen-bond donors (Lipinski definition) is 0. The molecule has 0 aliphatic carbocycles. The quantitative estimate of drug-likeness (QED) is 0.435. The predicted octanol–water partition coefficient (Wildman–Crippen LogP) is 3.88. The summed E-state index contributed by atoms with van der Waals surface area (Å²) in [7, 11) is 0. The average molecular weight is 445 g/mol. The number of hydrogen-bond acceptors (Lipinski definition) is 7. The van der Waals surface area contributed by atoms with Crippen molar-refractivity contribution in [3.63, 3.8) is 0 Å². The van der Waals surface area contributed by atoms with Crippen LogP contribution in [0.5, 0.6) is 0 Å². The number of thioether (sulfide) groups is 1. The summed E-state index contributed by atoms with van der Waals surface area (Å²) in [5.41, 5.74) is 1.58. The van der Waals surface area contributed by atoms with Crippen LogP contribution in [0.4, 0.5) is 5.95 Å². The summed E-state index contributed by atoms with van der Waals surface area (Å²) in [5, 5.41) is 12.2. The van der Waals surface area contributed by atoms with E-state index in [4.69, 9.17) is 11.6 Å². The van der Waals surface area contributed by atoms with E-state index in [1.165, 1.54) is 23.1 Å². The molecule has 4 aromatic rings. The Morgan fingerprint density at radius 3 is 2.86 bits per heavy atom. The molecular weight excluding hydrogens is 428 g/mol. The van der Waals surface area contributed by atoms with Crippen LogP contribution in [0.15, 0.2) is 51.9 Å². The summed E-state index contributed by atoms with van der Waals surface area (Å²) in [6, 6.07) is 9.27. The van der Waals surface area contributed by atoms with Crippen molar-refractivity contribution in [2.24, 2.45) is 0 Å². The zero-order valence-electron chi connectivity index (χ0n) is 15.4. The molecule has 1 aliphatic rings. The molecule has 1 fully saturated rings. The molecular formula is C19H17ClN6OS2. The molecule has 3 aromatic heterocycles. The van der Waals surface area contributed by atoms with Gasteiger partial charge >= 0.3 is 0 Å². The highest BCUT2D eigenvalue weighted by atomic mass is 35.5. The molecule has 0 radical (unpaired) electrons. The molecule has 0 bridgehead atoms. The first-order chi connectivity index (χ1) is 14.2. The van der Waals surface area contributed by atoms with Crippen LogP contribution in [-0.2, 0) is 5.75 Å². The lowest BCUT2D eigenvalue weighted by molar-refractivity contribution is 0.841. The monoisotopic (exact) mass is 444 g/mol. The first kappa shape index (κ1) is 18.7. The third-order valence-corrected chi connectivity index (χ3v) is 6.73. The first-order valence-corrected chi connectivity index (χ1v) is 11.5. The van der Waals surface area contributed by atoms with Gasteiger partial charge in [0.1, 0.15) is 0 Å². The molecule has 1 aromatic carbocycles. The third-order valence-electron chi connectivity index (χ3n) is 4.78. The Morgan fingerprint density at radius 1 is 1.17 bits per heavy atom. The molecule has 0 amide bonds. The number of rotatable bonds is 5. The van der Waals surface area contributed by atoms with Gasteiger partial charge in [0.2, 0.25) is 5.95 Å². The van der Waals surface area contributed by atoms with Crippen LogP contribution in [0.25, 0.3) is 10.6 Å². The standard InChI is InChI=1S/C19H17ClN6OS2/c20-13-4-3-5-15(10-13)26-17(24-6-1-2-7-24)22-23-19(26)29-12-14-11-16(27)25-8-9-28-18(25)21-14/h3-5,8-11H,1-2,6-7,12H2. The van der Waals surface area contributed by atoms with Gasteiger partial charge in [0.05, 0.1) is 11.4 Å².